The molecule has 2 aromatic carbocycles. The number of nitro groups is 1. The molecule has 0 saturated carbocycles. The first-order valence-electron chi connectivity index (χ1n) is 8.62. The number of benzene rings is 2. The summed E-state index contributed by atoms with van der Waals surface area (Å²) in [6, 6.07) is 20.3. The maximum absolute atomic E-state index is 11.1. The highest BCUT2D eigenvalue weighted by atomic mass is 35.5. The fourth-order valence-electron chi connectivity index (χ4n) is 3.40. The smallest absolute Gasteiger partial charge is 0.287 e. The summed E-state index contributed by atoms with van der Waals surface area (Å²) in [5.74, 6) is -0.248. The topological polar surface area (TPSA) is 76.3 Å². The predicted molar refractivity (Wildman–Crippen MR) is 105 cm³/mol. The van der Waals surface area contributed by atoms with E-state index in [2.05, 4.69) is 4.98 Å². The second-order valence-corrected chi connectivity index (χ2v) is 6.64. The van der Waals surface area contributed by atoms with Gasteiger partial charge in [0.25, 0.3) is 5.69 Å². The van der Waals surface area contributed by atoms with Crippen LogP contribution in [0.3, 0.4) is 0 Å². The predicted octanol–water partition coefficient (Wildman–Crippen LogP) is 4.94. The number of pyridine rings is 1. The van der Waals surface area contributed by atoms with E-state index >= 15 is 0 Å². The number of halogens is 1. The van der Waals surface area contributed by atoms with E-state index in [4.69, 9.17) is 11.6 Å². The lowest BCUT2D eigenvalue weighted by Crippen LogP contribution is -2.16. The van der Waals surface area contributed by atoms with Gasteiger partial charge in [0.2, 0.25) is 0 Å². The van der Waals surface area contributed by atoms with Crippen molar-refractivity contribution in [1.29, 1.82) is 0 Å². The van der Waals surface area contributed by atoms with Crippen molar-refractivity contribution in [2.75, 3.05) is 6.61 Å². The lowest BCUT2D eigenvalue weighted by atomic mass is 9.77. The van der Waals surface area contributed by atoms with Crippen LogP contribution in [0, 0.1) is 10.1 Å². The zero-order valence-electron chi connectivity index (χ0n) is 14.5. The van der Waals surface area contributed by atoms with Crippen molar-refractivity contribution in [1.82, 2.24) is 4.98 Å². The zero-order valence-corrected chi connectivity index (χ0v) is 15.3. The van der Waals surface area contributed by atoms with Crippen molar-refractivity contribution in [2.24, 2.45) is 0 Å². The minimum Gasteiger partial charge on any atom is -0.396 e. The minimum absolute atomic E-state index is 0.0175. The minimum atomic E-state index is -0.496. The fraction of sp³-hybridized carbons (Fsp3) is 0.190. The van der Waals surface area contributed by atoms with Crippen LogP contribution >= 0.6 is 11.6 Å². The van der Waals surface area contributed by atoms with Crippen molar-refractivity contribution in [3.05, 3.63) is 105 Å². The number of hydrogen-bond donors (Lipinski definition) is 1. The van der Waals surface area contributed by atoms with Gasteiger partial charge in [-0.3, -0.25) is 15.1 Å². The van der Waals surface area contributed by atoms with Gasteiger partial charge in [-0.2, -0.15) is 0 Å². The molecule has 0 fully saturated rings. The number of aliphatic hydroxyl groups is 1. The van der Waals surface area contributed by atoms with E-state index < -0.39 is 4.92 Å². The van der Waals surface area contributed by atoms with Gasteiger partial charge < -0.3 is 5.11 Å². The van der Waals surface area contributed by atoms with Gasteiger partial charge in [-0.25, -0.2) is 0 Å². The summed E-state index contributed by atoms with van der Waals surface area (Å²) in [7, 11) is 0. The Hall–Kier alpha value is -2.76. The molecule has 1 aromatic heterocycles. The molecule has 27 heavy (non-hydrogen) atoms. The molecule has 0 saturated heterocycles. The molecule has 0 aliphatic rings. The Kier molecular flexibility index (Phi) is 6.16. The molecular weight excluding hydrogens is 364 g/mol. The summed E-state index contributed by atoms with van der Waals surface area (Å²) in [5.41, 5.74) is 2.59. The van der Waals surface area contributed by atoms with Crippen molar-refractivity contribution >= 4 is 17.3 Å². The monoisotopic (exact) mass is 382 g/mol. The third-order valence-electron chi connectivity index (χ3n) is 4.60. The van der Waals surface area contributed by atoms with E-state index in [9.17, 15) is 15.2 Å². The van der Waals surface area contributed by atoms with E-state index in [1.54, 1.807) is 18.3 Å². The van der Waals surface area contributed by atoms with Crippen molar-refractivity contribution in [2.45, 2.75) is 18.3 Å². The van der Waals surface area contributed by atoms with E-state index in [1.165, 1.54) is 6.07 Å². The van der Waals surface area contributed by atoms with Gasteiger partial charge in [-0.15, -0.1) is 0 Å². The number of nitro benzene ring substituents is 1. The Labute approximate surface area is 162 Å². The van der Waals surface area contributed by atoms with Gasteiger partial charge in [0, 0.05) is 30.5 Å². The molecule has 0 radical (unpaired) electrons. The third-order valence-corrected chi connectivity index (χ3v) is 4.91. The number of rotatable bonds is 7. The van der Waals surface area contributed by atoms with E-state index in [0.717, 1.165) is 16.8 Å². The molecule has 5 nitrogen and oxygen atoms in total. The van der Waals surface area contributed by atoms with Gasteiger partial charge in [-0.1, -0.05) is 54.1 Å². The zero-order chi connectivity index (χ0) is 19.2. The Balaban J connectivity index is 2.14. The second-order valence-electron chi connectivity index (χ2n) is 6.23. The summed E-state index contributed by atoms with van der Waals surface area (Å²) in [5, 5.41) is 20.9. The summed E-state index contributed by atoms with van der Waals surface area (Å²) >= 11 is 6.17. The molecule has 0 amide bonds. The van der Waals surface area contributed by atoms with Crippen molar-refractivity contribution in [3.8, 4) is 0 Å². The van der Waals surface area contributed by atoms with E-state index in [0.29, 0.717) is 6.42 Å². The fourth-order valence-corrected chi connectivity index (χ4v) is 3.66. The van der Waals surface area contributed by atoms with Crippen LogP contribution in [0.1, 0.15) is 35.1 Å². The molecule has 3 aromatic rings. The SMILES string of the molecule is O=[N+]([O-])c1ccc([C@@H](c2ccccn2)[C@@H](CCO)c2ccccc2)cc1Cl. The molecule has 0 unspecified atom stereocenters. The highest BCUT2D eigenvalue weighted by Crippen LogP contribution is 2.41. The van der Waals surface area contributed by atoms with Crippen molar-refractivity contribution in [3.63, 3.8) is 0 Å². The molecular formula is C21H19ClN2O3. The molecule has 138 valence electrons. The van der Waals surface area contributed by atoms with Crippen LogP contribution in [0.4, 0.5) is 5.69 Å². The van der Waals surface area contributed by atoms with Crippen LogP contribution in [0.5, 0.6) is 0 Å². The lowest BCUT2D eigenvalue weighted by molar-refractivity contribution is -0.384. The highest BCUT2D eigenvalue weighted by molar-refractivity contribution is 6.32. The van der Waals surface area contributed by atoms with Crippen LogP contribution in [-0.4, -0.2) is 21.6 Å². The Morgan fingerprint density at radius 2 is 1.78 bits per heavy atom. The number of nitrogens with zero attached hydrogens (tertiary/aromatic N) is 2. The first-order chi connectivity index (χ1) is 13.1. The molecule has 0 bridgehead atoms. The first kappa shape index (κ1) is 19.0. The molecule has 1 N–H and O–H groups in total. The quantitative estimate of drug-likeness (QED) is 0.463. The maximum Gasteiger partial charge on any atom is 0.287 e. The van der Waals surface area contributed by atoms with Gasteiger partial charge in [-0.05, 0) is 41.7 Å². The van der Waals surface area contributed by atoms with Crippen LogP contribution in [0.25, 0.3) is 0 Å². The van der Waals surface area contributed by atoms with Crippen LogP contribution in [-0.2, 0) is 0 Å². The molecule has 0 aliphatic carbocycles. The van der Waals surface area contributed by atoms with Gasteiger partial charge in [0.15, 0.2) is 0 Å². The average molecular weight is 383 g/mol. The van der Waals surface area contributed by atoms with Crippen LogP contribution < -0.4 is 0 Å². The van der Waals surface area contributed by atoms with Crippen LogP contribution in [0.2, 0.25) is 5.02 Å². The van der Waals surface area contributed by atoms with Gasteiger partial charge in [0.1, 0.15) is 5.02 Å². The summed E-state index contributed by atoms with van der Waals surface area (Å²) in [6.45, 7) is 0.0175. The Morgan fingerprint density at radius 3 is 2.37 bits per heavy atom. The lowest BCUT2D eigenvalue weighted by Gasteiger charge is -2.27. The summed E-state index contributed by atoms with van der Waals surface area (Å²) in [6.07, 6.45) is 2.25. The first-order valence-corrected chi connectivity index (χ1v) is 9.00. The van der Waals surface area contributed by atoms with E-state index in [1.807, 2.05) is 48.5 Å². The highest BCUT2D eigenvalue weighted by Gasteiger charge is 2.28. The van der Waals surface area contributed by atoms with Gasteiger partial charge in [0.05, 0.1) is 4.92 Å². The number of hydrogen-bond acceptors (Lipinski definition) is 4. The normalized spacial score (nSPS) is 13.1. The average Bonchev–Trinajstić information content (AvgIpc) is 2.69. The summed E-state index contributed by atoms with van der Waals surface area (Å²) < 4.78 is 0. The molecule has 1 heterocycles. The Morgan fingerprint density at radius 1 is 1.04 bits per heavy atom. The second kappa shape index (κ2) is 8.75. The van der Waals surface area contributed by atoms with Crippen molar-refractivity contribution < 1.29 is 10.0 Å². The standard InChI is InChI=1S/C21H19ClN2O3/c22-18-14-16(9-10-20(18)24(26)27)21(19-8-4-5-12-23-19)17(11-13-25)15-6-2-1-3-7-15/h1-10,12,14,17,21,25H,11,13H2/t17-,21+/m0/s1. The maximum atomic E-state index is 11.1. The Bertz CT molecular complexity index is 904. The molecule has 3 rings (SSSR count). The largest absolute Gasteiger partial charge is 0.396 e. The molecule has 6 heteroatoms. The van der Waals surface area contributed by atoms with Crippen LogP contribution in [0.15, 0.2) is 72.9 Å². The molecule has 2 atom stereocenters. The summed E-state index contributed by atoms with van der Waals surface area (Å²) in [4.78, 5) is 15.1. The number of aromatic nitrogens is 1. The molecule has 0 aliphatic heterocycles. The third kappa shape index (κ3) is 4.32. The number of aliphatic hydroxyl groups excluding tert-OH is 1. The molecule has 0 spiro atoms. The van der Waals surface area contributed by atoms with Gasteiger partial charge >= 0.3 is 0 Å². The van der Waals surface area contributed by atoms with E-state index in [-0.39, 0.29) is 29.2 Å².